The summed E-state index contributed by atoms with van der Waals surface area (Å²) in [5, 5.41) is 0.729. The Morgan fingerprint density at radius 3 is 2.53 bits per heavy atom. The van der Waals surface area contributed by atoms with Gasteiger partial charge in [-0.15, -0.1) is 0 Å². The number of nitrogens with two attached hydrogens (primary N) is 1. The Morgan fingerprint density at radius 2 is 1.84 bits per heavy atom. The number of rotatable bonds is 4. The Morgan fingerprint density at radius 1 is 1.11 bits per heavy atom. The Bertz CT molecular complexity index is 575. The first kappa shape index (κ1) is 14.3. The predicted molar refractivity (Wildman–Crippen MR) is 76.6 cm³/mol. The lowest BCUT2D eigenvalue weighted by Gasteiger charge is -2.18. The van der Waals surface area contributed by atoms with E-state index in [2.05, 4.69) is 5.43 Å². The van der Waals surface area contributed by atoms with Gasteiger partial charge in [0.25, 0.3) is 0 Å². The van der Waals surface area contributed by atoms with Gasteiger partial charge in [-0.3, -0.25) is 11.3 Å². The van der Waals surface area contributed by atoms with Gasteiger partial charge in [0.05, 0.1) is 11.1 Å². The second-order valence-corrected chi connectivity index (χ2v) is 4.94. The van der Waals surface area contributed by atoms with Crippen molar-refractivity contribution >= 4 is 23.2 Å². The number of hydrazine groups is 1. The minimum absolute atomic E-state index is 0.0810. The summed E-state index contributed by atoms with van der Waals surface area (Å²) in [5.74, 6) is 5.09. The van der Waals surface area contributed by atoms with Crippen molar-refractivity contribution in [2.45, 2.75) is 12.5 Å². The topological polar surface area (TPSA) is 38.0 Å². The average Bonchev–Trinajstić information content (AvgIpc) is 2.41. The maximum absolute atomic E-state index is 13.5. The third kappa shape index (κ3) is 3.25. The highest BCUT2D eigenvalue weighted by Crippen LogP contribution is 2.29. The highest BCUT2D eigenvalue weighted by molar-refractivity contribution is 6.31. The molecule has 1 atom stereocenters. The molecule has 0 fully saturated rings. The van der Waals surface area contributed by atoms with Crippen LogP contribution in [0.25, 0.3) is 0 Å². The van der Waals surface area contributed by atoms with E-state index in [4.69, 9.17) is 29.0 Å². The molecule has 0 amide bonds. The molecule has 0 aliphatic heterocycles. The van der Waals surface area contributed by atoms with Gasteiger partial charge < -0.3 is 0 Å². The van der Waals surface area contributed by atoms with Crippen molar-refractivity contribution in [3.05, 3.63) is 69.5 Å². The second kappa shape index (κ2) is 6.35. The molecule has 0 saturated heterocycles. The SMILES string of the molecule is NNC(Cc1ccccc1Cl)c1cccc(F)c1Cl. The highest BCUT2D eigenvalue weighted by Gasteiger charge is 2.17. The molecule has 0 aromatic heterocycles. The Hall–Kier alpha value is -1.13. The Balaban J connectivity index is 2.31. The first-order chi connectivity index (χ1) is 9.13. The molecule has 0 aliphatic carbocycles. The van der Waals surface area contributed by atoms with Crippen LogP contribution in [0.2, 0.25) is 10.0 Å². The third-order valence-electron chi connectivity index (χ3n) is 2.94. The molecule has 19 heavy (non-hydrogen) atoms. The Kier molecular flexibility index (Phi) is 4.77. The van der Waals surface area contributed by atoms with Gasteiger partial charge >= 0.3 is 0 Å². The molecule has 2 aromatic carbocycles. The van der Waals surface area contributed by atoms with Crippen LogP contribution < -0.4 is 11.3 Å². The summed E-state index contributed by atoms with van der Waals surface area (Å²) in [6, 6.07) is 11.8. The lowest BCUT2D eigenvalue weighted by molar-refractivity contribution is 0.545. The average molecular weight is 299 g/mol. The van der Waals surface area contributed by atoms with Gasteiger partial charge in [-0.1, -0.05) is 53.5 Å². The molecule has 1 unspecified atom stereocenters. The molecule has 5 heteroatoms. The third-order valence-corrected chi connectivity index (χ3v) is 3.71. The summed E-state index contributed by atoms with van der Waals surface area (Å²) in [6.07, 6.45) is 0.527. The van der Waals surface area contributed by atoms with E-state index in [-0.39, 0.29) is 11.1 Å². The van der Waals surface area contributed by atoms with Crippen molar-refractivity contribution in [1.29, 1.82) is 0 Å². The predicted octanol–water partition coefficient (Wildman–Crippen LogP) is 3.88. The van der Waals surface area contributed by atoms with Gasteiger partial charge in [-0.05, 0) is 29.7 Å². The minimum Gasteiger partial charge on any atom is -0.271 e. The van der Waals surface area contributed by atoms with Crippen LogP contribution >= 0.6 is 23.2 Å². The summed E-state index contributed by atoms with van der Waals surface area (Å²) >= 11 is 12.1. The molecule has 2 rings (SSSR count). The van der Waals surface area contributed by atoms with E-state index in [0.29, 0.717) is 17.0 Å². The summed E-state index contributed by atoms with van der Waals surface area (Å²) < 4.78 is 13.5. The van der Waals surface area contributed by atoms with Crippen LogP contribution in [-0.2, 0) is 6.42 Å². The molecule has 2 aromatic rings. The zero-order chi connectivity index (χ0) is 13.8. The number of halogens is 3. The lowest BCUT2D eigenvalue weighted by atomic mass is 9.99. The second-order valence-electron chi connectivity index (χ2n) is 4.16. The first-order valence-electron chi connectivity index (χ1n) is 5.77. The molecule has 0 bridgehead atoms. The van der Waals surface area contributed by atoms with E-state index in [1.54, 1.807) is 18.2 Å². The van der Waals surface area contributed by atoms with Gasteiger partial charge in [-0.2, -0.15) is 0 Å². The van der Waals surface area contributed by atoms with Crippen LogP contribution in [0.15, 0.2) is 42.5 Å². The van der Waals surface area contributed by atoms with E-state index < -0.39 is 5.82 Å². The lowest BCUT2D eigenvalue weighted by Crippen LogP contribution is -2.30. The van der Waals surface area contributed by atoms with Gasteiger partial charge in [0.2, 0.25) is 0 Å². The molecule has 0 aliphatic rings. The van der Waals surface area contributed by atoms with E-state index in [0.717, 1.165) is 5.56 Å². The van der Waals surface area contributed by atoms with E-state index in [1.165, 1.54) is 6.07 Å². The van der Waals surface area contributed by atoms with E-state index >= 15 is 0 Å². The molecular formula is C14H13Cl2FN2. The van der Waals surface area contributed by atoms with Crippen molar-refractivity contribution in [2.75, 3.05) is 0 Å². The summed E-state index contributed by atoms with van der Waals surface area (Å²) in [5.41, 5.74) is 4.19. The molecular weight excluding hydrogens is 286 g/mol. The molecule has 2 nitrogen and oxygen atoms in total. The molecule has 100 valence electrons. The van der Waals surface area contributed by atoms with Crippen LogP contribution in [0, 0.1) is 5.82 Å². The maximum Gasteiger partial charge on any atom is 0.142 e. The van der Waals surface area contributed by atoms with Gasteiger partial charge in [-0.25, -0.2) is 4.39 Å². The van der Waals surface area contributed by atoms with E-state index in [9.17, 15) is 4.39 Å². The molecule has 0 saturated carbocycles. The maximum atomic E-state index is 13.5. The fraction of sp³-hybridized carbons (Fsp3) is 0.143. The number of hydrogen-bond acceptors (Lipinski definition) is 2. The van der Waals surface area contributed by atoms with Gasteiger partial charge in [0, 0.05) is 5.02 Å². The fourth-order valence-electron chi connectivity index (χ4n) is 1.93. The van der Waals surface area contributed by atoms with Crippen LogP contribution in [0.4, 0.5) is 4.39 Å². The Labute approximate surface area is 121 Å². The monoisotopic (exact) mass is 298 g/mol. The fourth-order valence-corrected chi connectivity index (χ4v) is 2.40. The number of benzene rings is 2. The van der Waals surface area contributed by atoms with Crippen LogP contribution in [0.5, 0.6) is 0 Å². The van der Waals surface area contributed by atoms with Crippen LogP contribution in [0.3, 0.4) is 0 Å². The van der Waals surface area contributed by atoms with Crippen LogP contribution in [-0.4, -0.2) is 0 Å². The molecule has 0 heterocycles. The normalized spacial score (nSPS) is 12.4. The van der Waals surface area contributed by atoms with Gasteiger partial charge in [0.15, 0.2) is 0 Å². The summed E-state index contributed by atoms with van der Waals surface area (Å²) in [6.45, 7) is 0. The van der Waals surface area contributed by atoms with Crippen molar-refractivity contribution in [1.82, 2.24) is 5.43 Å². The van der Waals surface area contributed by atoms with E-state index in [1.807, 2.05) is 18.2 Å². The standard InChI is InChI=1S/C14H13Cl2FN2/c15-11-6-2-1-4-9(11)8-13(19-18)10-5-3-7-12(17)14(10)16/h1-7,13,19H,8,18H2. The number of hydrogen-bond donors (Lipinski definition) is 2. The zero-order valence-corrected chi connectivity index (χ0v) is 11.5. The van der Waals surface area contributed by atoms with Crippen molar-refractivity contribution in [2.24, 2.45) is 5.84 Å². The smallest absolute Gasteiger partial charge is 0.142 e. The zero-order valence-electron chi connectivity index (χ0n) is 10.0. The van der Waals surface area contributed by atoms with Crippen molar-refractivity contribution < 1.29 is 4.39 Å². The molecule has 0 radical (unpaired) electrons. The molecule has 0 spiro atoms. The van der Waals surface area contributed by atoms with Gasteiger partial charge in [0.1, 0.15) is 5.82 Å². The largest absolute Gasteiger partial charge is 0.271 e. The summed E-state index contributed by atoms with van der Waals surface area (Å²) in [7, 11) is 0. The van der Waals surface area contributed by atoms with Crippen molar-refractivity contribution in [3.8, 4) is 0 Å². The quantitative estimate of drug-likeness (QED) is 0.664. The number of nitrogens with one attached hydrogen (secondary N) is 1. The first-order valence-corrected chi connectivity index (χ1v) is 6.52. The van der Waals surface area contributed by atoms with Crippen LogP contribution in [0.1, 0.15) is 17.2 Å². The molecule has 3 N–H and O–H groups in total. The minimum atomic E-state index is -0.460. The highest BCUT2D eigenvalue weighted by atomic mass is 35.5. The van der Waals surface area contributed by atoms with Crippen molar-refractivity contribution in [3.63, 3.8) is 0 Å². The summed E-state index contributed by atoms with van der Waals surface area (Å²) in [4.78, 5) is 0.